The summed E-state index contributed by atoms with van der Waals surface area (Å²) in [7, 11) is 0. The van der Waals surface area contributed by atoms with Crippen LogP contribution in [0.2, 0.25) is 0 Å². The summed E-state index contributed by atoms with van der Waals surface area (Å²) in [6.45, 7) is 11.8. The number of rotatable bonds is 6. The lowest BCUT2D eigenvalue weighted by Crippen LogP contribution is -2.27. The number of aromatic nitrogens is 1. The minimum Gasteiger partial charge on any atom is -0.444 e. The number of nitrogens with one attached hydrogen (secondary N) is 1. The number of anilines is 2. The number of hydrogen-bond donors (Lipinski definition) is 1. The van der Waals surface area contributed by atoms with Gasteiger partial charge >= 0.3 is 6.09 Å². The van der Waals surface area contributed by atoms with E-state index in [1.54, 1.807) is 6.20 Å². The zero-order valence-electron chi connectivity index (χ0n) is 13.8. The van der Waals surface area contributed by atoms with E-state index in [1.165, 1.54) is 0 Å². The summed E-state index contributed by atoms with van der Waals surface area (Å²) in [5.74, 6) is 0.938. The van der Waals surface area contributed by atoms with Gasteiger partial charge in [-0.25, -0.2) is 9.78 Å². The van der Waals surface area contributed by atoms with Crippen LogP contribution in [0, 0.1) is 0 Å². The molecule has 1 heterocycles. The largest absolute Gasteiger partial charge is 0.444 e. The number of hydrogen-bond acceptors (Lipinski definition) is 4. The predicted octanol–water partition coefficient (Wildman–Crippen LogP) is 4.06. The molecule has 0 atom stereocenters. The smallest absolute Gasteiger partial charge is 0.412 e. The first-order chi connectivity index (χ1) is 9.85. The van der Waals surface area contributed by atoms with Gasteiger partial charge in [-0.05, 0) is 45.7 Å². The molecule has 0 fully saturated rings. The van der Waals surface area contributed by atoms with Gasteiger partial charge in [0.2, 0.25) is 0 Å². The quantitative estimate of drug-likeness (QED) is 0.859. The molecule has 0 unspecified atom stereocenters. The minimum absolute atomic E-state index is 0.462. The molecule has 5 nitrogen and oxygen atoms in total. The van der Waals surface area contributed by atoms with Gasteiger partial charge < -0.3 is 9.64 Å². The Morgan fingerprint density at radius 3 is 2.29 bits per heavy atom. The van der Waals surface area contributed by atoms with Crippen molar-refractivity contribution in [3.8, 4) is 0 Å². The van der Waals surface area contributed by atoms with Gasteiger partial charge in [-0.3, -0.25) is 5.32 Å². The second kappa shape index (κ2) is 7.86. The first-order valence-corrected chi connectivity index (χ1v) is 7.56. The third-order valence-corrected chi connectivity index (χ3v) is 2.70. The molecule has 1 aromatic heterocycles. The number of carbonyl (C=O) groups excluding carboxylic acids is 1. The fraction of sp³-hybridized carbons (Fsp3) is 0.625. The van der Waals surface area contributed by atoms with Crippen LogP contribution in [0.5, 0.6) is 0 Å². The summed E-state index contributed by atoms with van der Waals surface area (Å²) < 4.78 is 5.21. The molecular weight excluding hydrogens is 266 g/mol. The lowest BCUT2D eigenvalue weighted by molar-refractivity contribution is 0.0636. The standard InChI is InChI=1S/C16H27N3O2/c1-6-10-19(11-7-2)14-9-8-13(12-17-14)18-15(20)21-16(3,4)5/h8-9,12H,6-7,10-11H2,1-5H3,(H,18,20). The highest BCUT2D eigenvalue weighted by Gasteiger charge is 2.16. The van der Waals surface area contributed by atoms with Gasteiger partial charge in [0.1, 0.15) is 11.4 Å². The van der Waals surface area contributed by atoms with Gasteiger partial charge in [-0.1, -0.05) is 13.8 Å². The summed E-state index contributed by atoms with van der Waals surface area (Å²) in [6.07, 6.45) is 3.37. The average Bonchev–Trinajstić information content (AvgIpc) is 2.37. The monoisotopic (exact) mass is 293 g/mol. The second-order valence-corrected chi connectivity index (χ2v) is 6.02. The molecule has 0 aliphatic carbocycles. The maximum absolute atomic E-state index is 11.7. The topological polar surface area (TPSA) is 54.5 Å². The molecule has 1 rings (SSSR count). The number of ether oxygens (including phenoxy) is 1. The molecule has 0 aliphatic rings. The van der Waals surface area contributed by atoms with Crippen molar-refractivity contribution in [3.63, 3.8) is 0 Å². The van der Waals surface area contributed by atoms with Gasteiger partial charge in [0.15, 0.2) is 0 Å². The van der Waals surface area contributed by atoms with E-state index >= 15 is 0 Å². The van der Waals surface area contributed by atoms with Gasteiger partial charge in [-0.2, -0.15) is 0 Å². The Bertz CT molecular complexity index is 432. The molecule has 0 spiro atoms. The number of amides is 1. The lowest BCUT2D eigenvalue weighted by Gasteiger charge is -2.23. The molecule has 0 saturated heterocycles. The molecule has 0 aliphatic heterocycles. The van der Waals surface area contributed by atoms with Crippen LogP contribution >= 0.6 is 0 Å². The third kappa shape index (κ3) is 6.47. The van der Waals surface area contributed by atoms with Crippen molar-refractivity contribution in [2.24, 2.45) is 0 Å². The second-order valence-electron chi connectivity index (χ2n) is 6.02. The molecule has 1 amide bonds. The van der Waals surface area contributed by atoms with Gasteiger partial charge in [0, 0.05) is 13.1 Å². The van der Waals surface area contributed by atoms with E-state index in [1.807, 2.05) is 32.9 Å². The molecule has 0 aromatic carbocycles. The molecule has 0 saturated carbocycles. The predicted molar refractivity (Wildman–Crippen MR) is 86.9 cm³/mol. The Labute approximate surface area is 127 Å². The molecule has 21 heavy (non-hydrogen) atoms. The lowest BCUT2D eigenvalue weighted by atomic mass is 10.2. The molecule has 1 aromatic rings. The van der Waals surface area contributed by atoms with Crippen molar-refractivity contribution in [2.75, 3.05) is 23.3 Å². The zero-order valence-corrected chi connectivity index (χ0v) is 13.8. The van der Waals surface area contributed by atoms with Gasteiger partial charge in [0.05, 0.1) is 11.9 Å². The van der Waals surface area contributed by atoms with Crippen molar-refractivity contribution < 1.29 is 9.53 Å². The number of carbonyl (C=O) groups is 1. The normalized spacial score (nSPS) is 11.1. The van der Waals surface area contributed by atoms with E-state index in [0.29, 0.717) is 5.69 Å². The highest BCUT2D eigenvalue weighted by Crippen LogP contribution is 2.16. The molecule has 0 bridgehead atoms. The van der Waals surface area contributed by atoms with Crippen LogP contribution in [0.15, 0.2) is 18.3 Å². The third-order valence-electron chi connectivity index (χ3n) is 2.70. The van der Waals surface area contributed by atoms with Crippen molar-refractivity contribution in [2.45, 2.75) is 53.1 Å². The van der Waals surface area contributed by atoms with Gasteiger partial charge in [-0.15, -0.1) is 0 Å². The summed E-state index contributed by atoms with van der Waals surface area (Å²) in [6, 6.07) is 3.78. The fourth-order valence-electron chi connectivity index (χ4n) is 1.95. The molecule has 1 N–H and O–H groups in total. The van der Waals surface area contributed by atoms with Crippen LogP contribution < -0.4 is 10.2 Å². The van der Waals surface area contributed by atoms with Crippen LogP contribution in [0.1, 0.15) is 47.5 Å². The van der Waals surface area contributed by atoms with Crippen molar-refractivity contribution >= 4 is 17.6 Å². The molecule has 118 valence electrons. The van der Waals surface area contributed by atoms with Crippen LogP contribution in [0.25, 0.3) is 0 Å². The Morgan fingerprint density at radius 2 is 1.86 bits per heavy atom. The summed E-state index contributed by atoms with van der Waals surface area (Å²) in [4.78, 5) is 18.3. The Kier molecular flexibility index (Phi) is 6.46. The van der Waals surface area contributed by atoms with Crippen LogP contribution in [0.4, 0.5) is 16.3 Å². The highest BCUT2D eigenvalue weighted by molar-refractivity contribution is 5.84. The van der Waals surface area contributed by atoms with Crippen LogP contribution in [-0.4, -0.2) is 29.8 Å². The first kappa shape index (κ1) is 17.3. The van der Waals surface area contributed by atoms with E-state index < -0.39 is 11.7 Å². The number of nitrogens with zero attached hydrogens (tertiary/aromatic N) is 2. The van der Waals surface area contributed by atoms with Crippen LogP contribution in [-0.2, 0) is 4.74 Å². The van der Waals surface area contributed by atoms with E-state index in [9.17, 15) is 4.79 Å². The first-order valence-electron chi connectivity index (χ1n) is 7.56. The average molecular weight is 293 g/mol. The number of pyridine rings is 1. The van der Waals surface area contributed by atoms with Crippen molar-refractivity contribution in [1.82, 2.24) is 4.98 Å². The Hall–Kier alpha value is -1.78. The maximum Gasteiger partial charge on any atom is 0.412 e. The molecular formula is C16H27N3O2. The SMILES string of the molecule is CCCN(CCC)c1ccc(NC(=O)OC(C)(C)C)cn1. The van der Waals surface area contributed by atoms with E-state index in [4.69, 9.17) is 4.74 Å². The van der Waals surface area contributed by atoms with Gasteiger partial charge in [0.25, 0.3) is 0 Å². The van der Waals surface area contributed by atoms with E-state index in [-0.39, 0.29) is 0 Å². The van der Waals surface area contributed by atoms with E-state index in [2.05, 4.69) is 29.0 Å². The van der Waals surface area contributed by atoms with E-state index in [0.717, 1.165) is 31.7 Å². The fourth-order valence-corrected chi connectivity index (χ4v) is 1.95. The summed E-state index contributed by atoms with van der Waals surface area (Å²) >= 11 is 0. The summed E-state index contributed by atoms with van der Waals surface area (Å²) in [5, 5.41) is 2.69. The van der Waals surface area contributed by atoms with Crippen LogP contribution in [0.3, 0.4) is 0 Å². The van der Waals surface area contributed by atoms with Crippen molar-refractivity contribution in [1.29, 1.82) is 0 Å². The Balaban J connectivity index is 2.66. The molecule has 0 radical (unpaired) electrons. The van der Waals surface area contributed by atoms with Crippen molar-refractivity contribution in [3.05, 3.63) is 18.3 Å². The molecule has 5 heteroatoms. The zero-order chi connectivity index (χ0) is 15.9. The minimum atomic E-state index is -0.503. The maximum atomic E-state index is 11.7. The Morgan fingerprint density at radius 1 is 1.24 bits per heavy atom. The summed E-state index contributed by atoms with van der Waals surface area (Å²) in [5.41, 5.74) is 0.136. The highest BCUT2D eigenvalue weighted by atomic mass is 16.6.